The molecule has 0 unspecified atom stereocenters. The number of alkyl halides is 3. The van der Waals surface area contributed by atoms with E-state index in [1.807, 2.05) is 35.2 Å². The molecule has 0 spiro atoms. The highest BCUT2D eigenvalue weighted by Gasteiger charge is 2.43. The zero-order valence-corrected chi connectivity index (χ0v) is 18.0. The minimum atomic E-state index is -4.43. The van der Waals surface area contributed by atoms with E-state index in [9.17, 15) is 13.2 Å². The van der Waals surface area contributed by atoms with Crippen LogP contribution >= 0.6 is 11.6 Å². The SMILES string of the molecule is FC(F)(F)c1cccc(N2C[C@H]3CC[C@H](NCc4nc(-c5ccccc5)[nH]c4Cl)[C@H]3C2)n1. The van der Waals surface area contributed by atoms with Gasteiger partial charge in [0, 0.05) is 31.2 Å². The Morgan fingerprint density at radius 3 is 2.62 bits per heavy atom. The van der Waals surface area contributed by atoms with Crippen LogP contribution in [0.25, 0.3) is 11.4 Å². The van der Waals surface area contributed by atoms with Crippen molar-refractivity contribution in [3.63, 3.8) is 0 Å². The zero-order chi connectivity index (χ0) is 22.3. The van der Waals surface area contributed by atoms with Gasteiger partial charge in [-0.3, -0.25) is 0 Å². The van der Waals surface area contributed by atoms with Crippen molar-refractivity contribution in [2.45, 2.75) is 31.6 Å². The lowest BCUT2D eigenvalue weighted by Crippen LogP contribution is -2.35. The molecule has 2 aliphatic rings. The molecule has 0 radical (unpaired) electrons. The molecule has 1 aromatic carbocycles. The number of nitrogens with one attached hydrogen (secondary N) is 2. The van der Waals surface area contributed by atoms with Crippen LogP contribution in [0.4, 0.5) is 19.0 Å². The summed E-state index contributed by atoms with van der Waals surface area (Å²) in [6, 6.07) is 14.2. The Morgan fingerprint density at radius 2 is 1.84 bits per heavy atom. The van der Waals surface area contributed by atoms with Gasteiger partial charge < -0.3 is 15.2 Å². The number of pyridine rings is 1. The molecule has 32 heavy (non-hydrogen) atoms. The zero-order valence-electron chi connectivity index (χ0n) is 17.2. The van der Waals surface area contributed by atoms with E-state index in [4.69, 9.17) is 11.6 Å². The molecule has 1 aliphatic carbocycles. The van der Waals surface area contributed by atoms with Crippen molar-refractivity contribution in [2.24, 2.45) is 11.8 Å². The lowest BCUT2D eigenvalue weighted by Gasteiger charge is -2.22. The largest absolute Gasteiger partial charge is 0.433 e. The minimum absolute atomic E-state index is 0.267. The number of aromatic amines is 1. The Labute approximate surface area is 189 Å². The summed E-state index contributed by atoms with van der Waals surface area (Å²) in [5.41, 5.74) is 0.897. The summed E-state index contributed by atoms with van der Waals surface area (Å²) in [6.07, 6.45) is -2.36. The van der Waals surface area contributed by atoms with E-state index < -0.39 is 11.9 Å². The number of aromatic nitrogens is 3. The molecular weight excluding hydrogens is 439 g/mol. The summed E-state index contributed by atoms with van der Waals surface area (Å²) >= 11 is 6.38. The fourth-order valence-electron chi connectivity index (χ4n) is 4.93. The summed E-state index contributed by atoms with van der Waals surface area (Å²) in [7, 11) is 0. The molecule has 1 saturated heterocycles. The molecule has 3 heterocycles. The Morgan fingerprint density at radius 1 is 1.03 bits per heavy atom. The molecular formula is C23H23ClF3N5. The van der Waals surface area contributed by atoms with Gasteiger partial charge >= 0.3 is 6.18 Å². The number of anilines is 1. The highest BCUT2D eigenvalue weighted by atomic mass is 35.5. The minimum Gasteiger partial charge on any atom is -0.356 e. The second kappa shape index (κ2) is 8.41. The molecule has 3 atom stereocenters. The summed E-state index contributed by atoms with van der Waals surface area (Å²) in [6.45, 7) is 1.97. The molecule has 3 aromatic rings. The Hall–Kier alpha value is -2.58. The van der Waals surface area contributed by atoms with Gasteiger partial charge in [0.2, 0.25) is 0 Å². The number of rotatable bonds is 5. The molecule has 1 saturated carbocycles. The van der Waals surface area contributed by atoms with E-state index in [-0.39, 0.29) is 6.04 Å². The maximum Gasteiger partial charge on any atom is 0.433 e. The van der Waals surface area contributed by atoms with Gasteiger partial charge in [-0.15, -0.1) is 0 Å². The fraction of sp³-hybridized carbons (Fsp3) is 0.391. The number of imidazole rings is 1. The standard InChI is InChI=1S/C23H23ClF3N5/c24-21-18(29-22(31-21)14-5-2-1-3-6-14)11-28-17-10-9-15-12-32(13-16(15)17)20-8-4-7-19(30-20)23(25,26)27/h1-8,15-17,28H,9-13H2,(H,29,31)/t15-,16+,17+/m1/s1. The van der Waals surface area contributed by atoms with E-state index in [1.165, 1.54) is 6.07 Å². The maximum absolute atomic E-state index is 13.0. The number of fused-ring (bicyclic) bond motifs is 1. The van der Waals surface area contributed by atoms with Crippen molar-refractivity contribution in [1.29, 1.82) is 0 Å². The van der Waals surface area contributed by atoms with Crippen molar-refractivity contribution in [2.75, 3.05) is 18.0 Å². The van der Waals surface area contributed by atoms with Gasteiger partial charge in [0.25, 0.3) is 0 Å². The van der Waals surface area contributed by atoms with Gasteiger partial charge in [-0.2, -0.15) is 13.2 Å². The third kappa shape index (κ3) is 4.21. The van der Waals surface area contributed by atoms with Crippen molar-refractivity contribution >= 4 is 17.4 Å². The molecule has 2 fully saturated rings. The molecule has 5 nitrogen and oxygen atoms in total. The molecule has 1 aliphatic heterocycles. The fourth-order valence-corrected chi connectivity index (χ4v) is 5.13. The van der Waals surface area contributed by atoms with Crippen molar-refractivity contribution in [3.05, 3.63) is 65.1 Å². The van der Waals surface area contributed by atoms with E-state index in [0.29, 0.717) is 35.9 Å². The average Bonchev–Trinajstić information content (AvgIpc) is 3.47. The van der Waals surface area contributed by atoms with Crippen molar-refractivity contribution in [1.82, 2.24) is 20.3 Å². The van der Waals surface area contributed by atoms with E-state index in [1.54, 1.807) is 6.07 Å². The van der Waals surface area contributed by atoms with Crippen LogP contribution in [0.3, 0.4) is 0 Å². The quantitative estimate of drug-likeness (QED) is 0.552. The highest BCUT2D eigenvalue weighted by molar-refractivity contribution is 6.30. The summed E-state index contributed by atoms with van der Waals surface area (Å²) in [5.74, 6) is 1.94. The van der Waals surface area contributed by atoms with Crippen LogP contribution in [0.15, 0.2) is 48.5 Å². The predicted octanol–water partition coefficient (Wildman–Crippen LogP) is 5.15. The molecule has 5 rings (SSSR count). The summed E-state index contributed by atoms with van der Waals surface area (Å²) in [5, 5.41) is 4.11. The Bertz CT molecular complexity index is 1080. The van der Waals surface area contributed by atoms with Crippen LogP contribution in [-0.4, -0.2) is 34.1 Å². The second-order valence-electron chi connectivity index (χ2n) is 8.48. The first-order valence-electron chi connectivity index (χ1n) is 10.7. The van der Waals surface area contributed by atoms with Gasteiger partial charge in [0.15, 0.2) is 0 Å². The first-order chi connectivity index (χ1) is 15.4. The van der Waals surface area contributed by atoms with E-state index in [0.717, 1.165) is 42.5 Å². The molecule has 0 amide bonds. The highest BCUT2D eigenvalue weighted by Crippen LogP contribution is 2.40. The van der Waals surface area contributed by atoms with Crippen LogP contribution in [-0.2, 0) is 12.7 Å². The number of nitrogens with zero attached hydrogens (tertiary/aromatic N) is 3. The normalized spacial score (nSPS) is 23.0. The monoisotopic (exact) mass is 461 g/mol. The number of H-pyrrole nitrogens is 1. The number of halogens is 4. The van der Waals surface area contributed by atoms with Gasteiger partial charge in [-0.05, 0) is 36.8 Å². The van der Waals surface area contributed by atoms with Crippen molar-refractivity contribution < 1.29 is 13.2 Å². The van der Waals surface area contributed by atoms with Crippen LogP contribution in [0.5, 0.6) is 0 Å². The van der Waals surface area contributed by atoms with Gasteiger partial charge in [-0.25, -0.2) is 9.97 Å². The van der Waals surface area contributed by atoms with Crippen LogP contribution in [0, 0.1) is 11.8 Å². The van der Waals surface area contributed by atoms with Gasteiger partial charge in [-0.1, -0.05) is 48.0 Å². The van der Waals surface area contributed by atoms with Crippen LogP contribution < -0.4 is 10.2 Å². The molecule has 168 valence electrons. The number of benzene rings is 1. The predicted molar refractivity (Wildman–Crippen MR) is 117 cm³/mol. The average molecular weight is 462 g/mol. The molecule has 0 bridgehead atoms. The van der Waals surface area contributed by atoms with Crippen LogP contribution in [0.1, 0.15) is 24.2 Å². The Kier molecular flexibility index (Phi) is 5.59. The number of hydrogen-bond acceptors (Lipinski definition) is 4. The first kappa shape index (κ1) is 21.3. The summed E-state index contributed by atoms with van der Waals surface area (Å²) < 4.78 is 39.1. The first-order valence-corrected chi connectivity index (χ1v) is 11.1. The molecule has 2 aromatic heterocycles. The maximum atomic E-state index is 13.0. The molecule has 9 heteroatoms. The third-order valence-corrected chi connectivity index (χ3v) is 6.83. The number of hydrogen-bond donors (Lipinski definition) is 2. The second-order valence-corrected chi connectivity index (χ2v) is 8.86. The lowest BCUT2D eigenvalue weighted by molar-refractivity contribution is -0.141. The van der Waals surface area contributed by atoms with Crippen LogP contribution in [0.2, 0.25) is 5.15 Å². The Balaban J connectivity index is 1.24. The topological polar surface area (TPSA) is 56.8 Å². The van der Waals surface area contributed by atoms with Gasteiger partial charge in [0.05, 0.1) is 5.69 Å². The smallest absolute Gasteiger partial charge is 0.356 e. The molecule has 2 N–H and O–H groups in total. The van der Waals surface area contributed by atoms with E-state index in [2.05, 4.69) is 20.3 Å². The summed E-state index contributed by atoms with van der Waals surface area (Å²) in [4.78, 5) is 13.6. The van der Waals surface area contributed by atoms with Gasteiger partial charge in [0.1, 0.15) is 22.5 Å². The lowest BCUT2D eigenvalue weighted by atomic mass is 9.98. The van der Waals surface area contributed by atoms with Crippen molar-refractivity contribution in [3.8, 4) is 11.4 Å². The van der Waals surface area contributed by atoms with E-state index >= 15 is 0 Å². The third-order valence-electron chi connectivity index (χ3n) is 6.51.